The molecule has 0 aromatic heterocycles. The number of carbonyl (C=O) groups is 2. The highest BCUT2D eigenvalue weighted by molar-refractivity contribution is 5.87. The minimum atomic E-state index is -1.35. The summed E-state index contributed by atoms with van der Waals surface area (Å²) < 4.78 is 0. The molecule has 0 heterocycles. The number of carbonyl (C=O) groups excluding carboxylic acids is 2. The number of amides is 2. The standard InChI is InChI=1S/C18H20N2O3/c21-16(18(23)20-13-15-9-5-2-6-10-15)11-17(22)19-12-14-7-3-1-4-8-14/h1-10,16,21H,11-13H2,(H,19,22)(H,20,23). The van der Waals surface area contributed by atoms with Crippen LogP contribution in [0.25, 0.3) is 0 Å². The van der Waals surface area contributed by atoms with Gasteiger partial charge in [0.25, 0.3) is 0 Å². The summed E-state index contributed by atoms with van der Waals surface area (Å²) in [6.07, 6.45) is -1.61. The highest BCUT2D eigenvalue weighted by Gasteiger charge is 2.18. The molecule has 0 aliphatic rings. The first kappa shape index (κ1) is 16.7. The number of hydrogen-bond acceptors (Lipinski definition) is 3. The van der Waals surface area contributed by atoms with E-state index in [0.29, 0.717) is 13.1 Å². The number of hydrogen-bond donors (Lipinski definition) is 3. The Bertz CT molecular complexity index is 629. The van der Waals surface area contributed by atoms with E-state index in [2.05, 4.69) is 10.6 Å². The molecule has 1 unspecified atom stereocenters. The predicted octanol–water partition coefficient (Wildman–Crippen LogP) is 1.37. The zero-order chi connectivity index (χ0) is 16.5. The van der Waals surface area contributed by atoms with Crippen molar-refractivity contribution >= 4 is 11.8 Å². The van der Waals surface area contributed by atoms with Crippen LogP contribution in [0.1, 0.15) is 17.5 Å². The van der Waals surface area contributed by atoms with Crippen molar-refractivity contribution in [2.45, 2.75) is 25.6 Å². The van der Waals surface area contributed by atoms with Crippen molar-refractivity contribution in [3.05, 3.63) is 71.8 Å². The van der Waals surface area contributed by atoms with Crippen molar-refractivity contribution in [1.82, 2.24) is 10.6 Å². The lowest BCUT2D eigenvalue weighted by Gasteiger charge is -2.12. The Balaban J connectivity index is 1.71. The first-order valence-electron chi connectivity index (χ1n) is 7.45. The zero-order valence-corrected chi connectivity index (χ0v) is 12.7. The van der Waals surface area contributed by atoms with Crippen molar-refractivity contribution in [2.24, 2.45) is 0 Å². The van der Waals surface area contributed by atoms with Crippen LogP contribution < -0.4 is 10.6 Å². The van der Waals surface area contributed by atoms with E-state index < -0.39 is 12.0 Å². The third-order valence-corrected chi connectivity index (χ3v) is 3.32. The smallest absolute Gasteiger partial charge is 0.249 e. The molecule has 3 N–H and O–H groups in total. The first-order valence-corrected chi connectivity index (χ1v) is 7.45. The van der Waals surface area contributed by atoms with Crippen LogP contribution in [0.3, 0.4) is 0 Å². The lowest BCUT2D eigenvalue weighted by Crippen LogP contribution is -2.38. The first-order chi connectivity index (χ1) is 11.1. The van der Waals surface area contributed by atoms with Crippen LogP contribution in [0, 0.1) is 0 Å². The van der Waals surface area contributed by atoms with Gasteiger partial charge < -0.3 is 15.7 Å². The molecular formula is C18H20N2O3. The van der Waals surface area contributed by atoms with E-state index in [4.69, 9.17) is 0 Å². The minimum absolute atomic E-state index is 0.256. The fourth-order valence-corrected chi connectivity index (χ4v) is 2.04. The van der Waals surface area contributed by atoms with Crippen molar-refractivity contribution in [2.75, 3.05) is 0 Å². The maximum Gasteiger partial charge on any atom is 0.249 e. The van der Waals surface area contributed by atoms with Crippen LogP contribution in [0.2, 0.25) is 0 Å². The molecule has 5 nitrogen and oxygen atoms in total. The molecular weight excluding hydrogens is 292 g/mol. The van der Waals surface area contributed by atoms with Gasteiger partial charge in [-0.2, -0.15) is 0 Å². The van der Waals surface area contributed by atoms with Crippen LogP contribution in [0.15, 0.2) is 60.7 Å². The predicted molar refractivity (Wildman–Crippen MR) is 87.2 cm³/mol. The summed E-state index contributed by atoms with van der Waals surface area (Å²) in [5.74, 6) is -0.917. The average molecular weight is 312 g/mol. The summed E-state index contributed by atoms with van der Waals surface area (Å²) >= 11 is 0. The number of aliphatic hydroxyl groups is 1. The highest BCUT2D eigenvalue weighted by atomic mass is 16.3. The molecule has 2 aromatic rings. The number of nitrogens with one attached hydrogen (secondary N) is 2. The second-order valence-electron chi connectivity index (χ2n) is 5.19. The van der Waals surface area contributed by atoms with E-state index in [1.807, 2.05) is 60.7 Å². The second kappa shape index (κ2) is 8.70. The Kier molecular flexibility index (Phi) is 6.32. The zero-order valence-electron chi connectivity index (χ0n) is 12.7. The number of benzene rings is 2. The Labute approximate surface area is 135 Å². The molecule has 0 aliphatic carbocycles. The van der Waals surface area contributed by atoms with Crippen LogP contribution in [0.5, 0.6) is 0 Å². The lowest BCUT2D eigenvalue weighted by molar-refractivity contribution is -0.134. The van der Waals surface area contributed by atoms with E-state index in [9.17, 15) is 14.7 Å². The third kappa shape index (κ3) is 5.92. The molecule has 0 spiro atoms. The summed E-state index contributed by atoms with van der Waals surface area (Å²) in [6.45, 7) is 0.695. The lowest BCUT2D eigenvalue weighted by atomic mass is 10.2. The molecule has 5 heteroatoms. The van der Waals surface area contributed by atoms with E-state index in [1.165, 1.54) is 0 Å². The van der Waals surface area contributed by atoms with Gasteiger partial charge in [0, 0.05) is 13.1 Å². The van der Waals surface area contributed by atoms with Gasteiger partial charge in [-0.15, -0.1) is 0 Å². The fourth-order valence-electron chi connectivity index (χ4n) is 2.04. The van der Waals surface area contributed by atoms with Crippen LogP contribution in [-0.2, 0) is 22.7 Å². The fraction of sp³-hybridized carbons (Fsp3) is 0.222. The van der Waals surface area contributed by atoms with Crippen molar-refractivity contribution in [1.29, 1.82) is 0 Å². The minimum Gasteiger partial charge on any atom is -0.383 e. The Morgan fingerprint density at radius 1 is 0.826 bits per heavy atom. The van der Waals surface area contributed by atoms with E-state index in [0.717, 1.165) is 11.1 Å². The molecule has 0 bridgehead atoms. The summed E-state index contributed by atoms with van der Waals surface area (Å²) in [7, 11) is 0. The quantitative estimate of drug-likeness (QED) is 0.722. The monoisotopic (exact) mass is 312 g/mol. The Hall–Kier alpha value is -2.66. The van der Waals surface area contributed by atoms with E-state index in [-0.39, 0.29) is 12.3 Å². The molecule has 2 aromatic carbocycles. The third-order valence-electron chi connectivity index (χ3n) is 3.32. The number of rotatable bonds is 7. The number of aliphatic hydroxyl groups excluding tert-OH is 1. The van der Waals surface area contributed by atoms with E-state index in [1.54, 1.807) is 0 Å². The molecule has 23 heavy (non-hydrogen) atoms. The summed E-state index contributed by atoms with van der Waals surface area (Å²) in [5.41, 5.74) is 1.89. The SMILES string of the molecule is O=C(CC(O)C(=O)NCc1ccccc1)NCc1ccccc1. The van der Waals surface area contributed by atoms with Gasteiger partial charge in [0.05, 0.1) is 6.42 Å². The molecule has 1 atom stereocenters. The second-order valence-corrected chi connectivity index (χ2v) is 5.19. The van der Waals surface area contributed by atoms with E-state index >= 15 is 0 Å². The molecule has 120 valence electrons. The molecule has 2 rings (SSSR count). The van der Waals surface area contributed by atoms with Gasteiger partial charge in [-0.3, -0.25) is 9.59 Å². The average Bonchev–Trinajstić information content (AvgIpc) is 2.59. The van der Waals surface area contributed by atoms with Crippen LogP contribution in [-0.4, -0.2) is 23.0 Å². The molecule has 0 fully saturated rings. The largest absolute Gasteiger partial charge is 0.383 e. The topological polar surface area (TPSA) is 78.4 Å². The van der Waals surface area contributed by atoms with Gasteiger partial charge in [0.15, 0.2) is 0 Å². The van der Waals surface area contributed by atoms with Gasteiger partial charge in [0.1, 0.15) is 6.10 Å². The van der Waals surface area contributed by atoms with Crippen molar-refractivity contribution < 1.29 is 14.7 Å². The van der Waals surface area contributed by atoms with Crippen molar-refractivity contribution in [3.63, 3.8) is 0 Å². The molecule has 2 amide bonds. The molecule has 0 saturated carbocycles. The van der Waals surface area contributed by atoms with Gasteiger partial charge in [0.2, 0.25) is 11.8 Å². The van der Waals surface area contributed by atoms with Crippen LogP contribution in [0.4, 0.5) is 0 Å². The van der Waals surface area contributed by atoms with Crippen molar-refractivity contribution in [3.8, 4) is 0 Å². The maximum atomic E-state index is 11.8. The van der Waals surface area contributed by atoms with Gasteiger partial charge in [-0.1, -0.05) is 60.7 Å². The highest BCUT2D eigenvalue weighted by Crippen LogP contribution is 2.00. The Morgan fingerprint density at radius 3 is 1.83 bits per heavy atom. The van der Waals surface area contributed by atoms with Gasteiger partial charge in [-0.25, -0.2) is 0 Å². The summed E-state index contributed by atoms with van der Waals surface area (Å²) in [4.78, 5) is 23.5. The Morgan fingerprint density at radius 2 is 1.30 bits per heavy atom. The molecule has 0 aliphatic heterocycles. The summed E-state index contributed by atoms with van der Waals surface area (Å²) in [5, 5.41) is 15.1. The normalized spacial score (nSPS) is 11.5. The molecule has 0 saturated heterocycles. The van der Waals surface area contributed by atoms with Gasteiger partial charge in [-0.05, 0) is 11.1 Å². The van der Waals surface area contributed by atoms with Gasteiger partial charge >= 0.3 is 0 Å². The summed E-state index contributed by atoms with van der Waals surface area (Å²) in [6, 6.07) is 18.8. The maximum absolute atomic E-state index is 11.8. The van der Waals surface area contributed by atoms with Crippen LogP contribution >= 0.6 is 0 Å². The molecule has 0 radical (unpaired) electrons.